The molecule has 1 heterocycles. The van der Waals surface area contributed by atoms with Gasteiger partial charge in [-0.2, -0.15) is 0 Å². The number of nitrogens with two attached hydrogens (primary N) is 1. The summed E-state index contributed by atoms with van der Waals surface area (Å²) in [6.45, 7) is 4.24. The lowest BCUT2D eigenvalue weighted by Crippen LogP contribution is -2.27. The summed E-state index contributed by atoms with van der Waals surface area (Å²) in [5, 5.41) is 7.60. The first-order valence-corrected chi connectivity index (χ1v) is 6.69. The first-order valence-electron chi connectivity index (χ1n) is 6.69. The zero-order valence-electron chi connectivity index (χ0n) is 11.6. The summed E-state index contributed by atoms with van der Waals surface area (Å²) in [6, 6.07) is 3.72. The number of anilines is 1. The molecule has 1 aromatic heterocycles. The Morgan fingerprint density at radius 1 is 1.53 bits per heavy atom. The predicted molar refractivity (Wildman–Crippen MR) is 76.8 cm³/mol. The molecule has 0 atom stereocenters. The smallest absolute Gasteiger partial charge is 0.139 e. The summed E-state index contributed by atoms with van der Waals surface area (Å²) in [5.74, 6) is 1.59. The molecule has 3 N–H and O–H groups in total. The second-order valence-corrected chi connectivity index (χ2v) is 5.18. The molecule has 0 radical (unpaired) electrons. The van der Waals surface area contributed by atoms with E-state index in [0.717, 1.165) is 30.6 Å². The van der Waals surface area contributed by atoms with Gasteiger partial charge in [0.2, 0.25) is 0 Å². The van der Waals surface area contributed by atoms with Crippen LogP contribution in [0.4, 0.5) is 5.82 Å². The third kappa shape index (κ3) is 3.92. The van der Waals surface area contributed by atoms with Crippen molar-refractivity contribution in [1.29, 1.82) is 5.41 Å². The average Bonchev–Trinajstić information content (AvgIpc) is 3.18. The molecule has 19 heavy (non-hydrogen) atoms. The van der Waals surface area contributed by atoms with Gasteiger partial charge in [-0.1, -0.05) is 0 Å². The second kappa shape index (κ2) is 6.02. The fraction of sp³-hybridized carbons (Fsp3) is 0.571. The molecular weight excluding hydrogens is 240 g/mol. The van der Waals surface area contributed by atoms with Gasteiger partial charge < -0.3 is 15.4 Å². The van der Waals surface area contributed by atoms with Crippen molar-refractivity contribution in [2.45, 2.75) is 19.8 Å². The molecule has 0 bridgehead atoms. The third-order valence-electron chi connectivity index (χ3n) is 3.29. The first kappa shape index (κ1) is 13.8. The van der Waals surface area contributed by atoms with E-state index in [1.54, 1.807) is 0 Å². The number of amidine groups is 1. The van der Waals surface area contributed by atoms with E-state index in [4.69, 9.17) is 15.9 Å². The van der Waals surface area contributed by atoms with Crippen LogP contribution in [-0.4, -0.2) is 37.6 Å². The highest BCUT2D eigenvalue weighted by atomic mass is 16.5. The van der Waals surface area contributed by atoms with Crippen molar-refractivity contribution >= 4 is 11.7 Å². The standard InChI is InChI=1S/C14H22N4O/c1-10-3-6-12(13(15)16)14(17-10)18(2)7-8-19-9-11-4-5-11/h3,6,11H,4-5,7-9H2,1-2H3,(H3,15,16). The lowest BCUT2D eigenvalue weighted by molar-refractivity contribution is 0.131. The Labute approximate surface area is 114 Å². The number of ether oxygens (including phenoxy) is 1. The molecule has 0 aromatic carbocycles. The van der Waals surface area contributed by atoms with Crippen molar-refractivity contribution in [1.82, 2.24) is 4.98 Å². The molecule has 0 unspecified atom stereocenters. The summed E-state index contributed by atoms with van der Waals surface area (Å²) in [7, 11) is 1.95. The summed E-state index contributed by atoms with van der Waals surface area (Å²) in [6.07, 6.45) is 2.62. The van der Waals surface area contributed by atoms with Crippen LogP contribution in [0.2, 0.25) is 0 Å². The lowest BCUT2D eigenvalue weighted by atomic mass is 10.2. The molecule has 0 aliphatic heterocycles. The third-order valence-corrected chi connectivity index (χ3v) is 3.29. The van der Waals surface area contributed by atoms with Gasteiger partial charge in [0.05, 0.1) is 12.2 Å². The average molecular weight is 262 g/mol. The Morgan fingerprint density at radius 3 is 2.89 bits per heavy atom. The molecule has 0 saturated heterocycles. The van der Waals surface area contributed by atoms with Gasteiger partial charge >= 0.3 is 0 Å². The minimum absolute atomic E-state index is 0.0493. The van der Waals surface area contributed by atoms with Gasteiger partial charge in [-0.25, -0.2) is 4.98 Å². The Balaban J connectivity index is 1.93. The fourth-order valence-electron chi connectivity index (χ4n) is 1.89. The van der Waals surface area contributed by atoms with E-state index >= 15 is 0 Å². The zero-order chi connectivity index (χ0) is 13.8. The highest BCUT2D eigenvalue weighted by Gasteiger charge is 2.21. The largest absolute Gasteiger partial charge is 0.384 e. The maximum atomic E-state index is 7.60. The summed E-state index contributed by atoms with van der Waals surface area (Å²) in [4.78, 5) is 6.47. The quantitative estimate of drug-likeness (QED) is 0.444. The van der Waals surface area contributed by atoms with Gasteiger partial charge in [0.1, 0.15) is 11.7 Å². The van der Waals surface area contributed by atoms with Gasteiger partial charge in [0.25, 0.3) is 0 Å². The SMILES string of the molecule is Cc1ccc(C(=N)N)c(N(C)CCOCC2CC2)n1. The van der Waals surface area contributed by atoms with Crippen LogP contribution in [0.25, 0.3) is 0 Å². The summed E-state index contributed by atoms with van der Waals surface area (Å²) >= 11 is 0. The Kier molecular flexibility index (Phi) is 4.37. The molecule has 0 amide bonds. The number of nitrogens with zero attached hydrogens (tertiary/aromatic N) is 2. The number of nitrogen functional groups attached to an aromatic ring is 1. The zero-order valence-corrected chi connectivity index (χ0v) is 11.6. The van der Waals surface area contributed by atoms with Crippen molar-refractivity contribution in [2.24, 2.45) is 11.7 Å². The van der Waals surface area contributed by atoms with E-state index in [-0.39, 0.29) is 5.84 Å². The normalized spacial score (nSPS) is 14.4. The van der Waals surface area contributed by atoms with Gasteiger partial charge in [0, 0.05) is 25.9 Å². The number of likely N-dealkylation sites (N-methyl/N-ethyl adjacent to an activating group) is 1. The van der Waals surface area contributed by atoms with Crippen LogP contribution in [0.1, 0.15) is 24.1 Å². The summed E-state index contributed by atoms with van der Waals surface area (Å²) in [5.41, 5.74) is 7.19. The molecule has 1 fully saturated rings. The highest BCUT2D eigenvalue weighted by molar-refractivity contribution is 5.99. The summed E-state index contributed by atoms with van der Waals surface area (Å²) < 4.78 is 5.63. The van der Waals surface area contributed by atoms with Crippen LogP contribution in [0.5, 0.6) is 0 Å². The van der Waals surface area contributed by atoms with Gasteiger partial charge in [-0.05, 0) is 37.8 Å². The molecule has 1 aromatic rings. The Hall–Kier alpha value is -1.62. The number of hydrogen-bond donors (Lipinski definition) is 2. The topological polar surface area (TPSA) is 75.2 Å². The van der Waals surface area contributed by atoms with E-state index in [1.807, 2.05) is 31.0 Å². The minimum atomic E-state index is 0.0493. The van der Waals surface area contributed by atoms with Crippen molar-refractivity contribution in [2.75, 3.05) is 31.7 Å². The van der Waals surface area contributed by atoms with Crippen molar-refractivity contribution in [3.8, 4) is 0 Å². The molecule has 5 nitrogen and oxygen atoms in total. The highest BCUT2D eigenvalue weighted by Crippen LogP contribution is 2.28. The van der Waals surface area contributed by atoms with Crippen LogP contribution in [-0.2, 0) is 4.74 Å². The maximum Gasteiger partial charge on any atom is 0.139 e. The van der Waals surface area contributed by atoms with Crippen molar-refractivity contribution in [3.63, 3.8) is 0 Å². The monoisotopic (exact) mass is 262 g/mol. The van der Waals surface area contributed by atoms with E-state index in [1.165, 1.54) is 12.8 Å². The maximum absolute atomic E-state index is 7.60. The van der Waals surface area contributed by atoms with Gasteiger partial charge in [-0.3, -0.25) is 5.41 Å². The number of aryl methyl sites for hydroxylation is 1. The fourth-order valence-corrected chi connectivity index (χ4v) is 1.89. The Morgan fingerprint density at radius 2 is 2.26 bits per heavy atom. The van der Waals surface area contributed by atoms with Crippen LogP contribution >= 0.6 is 0 Å². The van der Waals surface area contributed by atoms with Crippen LogP contribution in [0, 0.1) is 18.3 Å². The molecule has 1 saturated carbocycles. The van der Waals surface area contributed by atoms with Gasteiger partial charge in [-0.15, -0.1) is 0 Å². The molecule has 1 aliphatic rings. The van der Waals surface area contributed by atoms with Crippen molar-refractivity contribution in [3.05, 3.63) is 23.4 Å². The van der Waals surface area contributed by atoms with Crippen molar-refractivity contribution < 1.29 is 4.74 Å². The second-order valence-electron chi connectivity index (χ2n) is 5.18. The van der Waals surface area contributed by atoms with Crippen LogP contribution in [0.3, 0.4) is 0 Å². The van der Waals surface area contributed by atoms with Gasteiger partial charge in [0.15, 0.2) is 0 Å². The number of hydrogen-bond acceptors (Lipinski definition) is 4. The van der Waals surface area contributed by atoms with E-state index in [0.29, 0.717) is 12.2 Å². The molecule has 5 heteroatoms. The molecule has 1 aliphatic carbocycles. The number of nitrogens with one attached hydrogen (secondary N) is 1. The number of pyridine rings is 1. The van der Waals surface area contributed by atoms with Crippen LogP contribution in [0.15, 0.2) is 12.1 Å². The lowest BCUT2D eigenvalue weighted by Gasteiger charge is -2.21. The molecular formula is C14H22N4O. The van der Waals surface area contributed by atoms with Crippen LogP contribution < -0.4 is 10.6 Å². The van der Waals surface area contributed by atoms with E-state index in [2.05, 4.69) is 4.98 Å². The Bertz CT molecular complexity index is 457. The molecule has 0 spiro atoms. The van der Waals surface area contributed by atoms with E-state index < -0.39 is 0 Å². The van der Waals surface area contributed by atoms with E-state index in [9.17, 15) is 0 Å². The first-order chi connectivity index (χ1) is 9.08. The molecule has 2 rings (SSSR count). The minimum Gasteiger partial charge on any atom is -0.384 e. The number of aromatic nitrogens is 1. The predicted octanol–water partition coefficient (Wildman–Crippen LogP) is 1.54. The number of rotatable bonds is 7. The molecule has 104 valence electrons.